The van der Waals surface area contributed by atoms with Crippen LogP contribution in [0.15, 0.2) is 36.4 Å². The highest BCUT2D eigenvalue weighted by Gasteiger charge is 2.13. The largest absolute Gasteiger partial charge is 0.478 e. The summed E-state index contributed by atoms with van der Waals surface area (Å²) in [6.45, 7) is 3.74. The third-order valence-electron chi connectivity index (χ3n) is 2.72. The SMILES string of the molecule is Cc1ccc(C(=O)O)c(Oc2ccc(Cl)cc2C)c1. The predicted octanol–water partition coefficient (Wildman–Crippen LogP) is 4.45. The van der Waals surface area contributed by atoms with E-state index in [1.807, 2.05) is 13.8 Å². The van der Waals surface area contributed by atoms with Crippen LogP contribution in [0.5, 0.6) is 11.5 Å². The van der Waals surface area contributed by atoms with E-state index in [-0.39, 0.29) is 5.56 Å². The molecule has 0 spiro atoms. The van der Waals surface area contributed by atoms with Gasteiger partial charge in [-0.05, 0) is 55.3 Å². The van der Waals surface area contributed by atoms with E-state index >= 15 is 0 Å². The van der Waals surface area contributed by atoms with Crippen LogP contribution in [0.1, 0.15) is 21.5 Å². The van der Waals surface area contributed by atoms with E-state index in [9.17, 15) is 4.79 Å². The molecule has 2 aromatic rings. The maximum atomic E-state index is 11.2. The number of halogens is 1. The Morgan fingerprint density at radius 2 is 1.84 bits per heavy atom. The molecular weight excluding hydrogens is 264 g/mol. The average molecular weight is 277 g/mol. The van der Waals surface area contributed by atoms with Crippen LogP contribution in [0, 0.1) is 13.8 Å². The molecule has 0 aromatic heterocycles. The third-order valence-corrected chi connectivity index (χ3v) is 2.96. The van der Waals surface area contributed by atoms with Crippen LogP contribution in [-0.2, 0) is 0 Å². The van der Waals surface area contributed by atoms with Crippen LogP contribution >= 0.6 is 11.6 Å². The molecule has 3 nitrogen and oxygen atoms in total. The standard InChI is InChI=1S/C15H13ClO3/c1-9-3-5-12(15(17)18)14(7-9)19-13-6-4-11(16)8-10(13)2/h3-8H,1-2H3,(H,17,18). The number of hydrogen-bond donors (Lipinski definition) is 1. The van der Waals surface area contributed by atoms with Crippen LogP contribution in [0.3, 0.4) is 0 Å². The molecule has 2 rings (SSSR count). The van der Waals surface area contributed by atoms with Crippen molar-refractivity contribution in [2.75, 3.05) is 0 Å². The highest BCUT2D eigenvalue weighted by Crippen LogP contribution is 2.30. The van der Waals surface area contributed by atoms with Gasteiger partial charge in [-0.1, -0.05) is 17.7 Å². The minimum atomic E-state index is -1.01. The van der Waals surface area contributed by atoms with Crippen molar-refractivity contribution < 1.29 is 14.6 Å². The van der Waals surface area contributed by atoms with Crippen molar-refractivity contribution in [1.29, 1.82) is 0 Å². The topological polar surface area (TPSA) is 46.5 Å². The number of ether oxygens (including phenoxy) is 1. The van der Waals surface area contributed by atoms with Gasteiger partial charge in [0.05, 0.1) is 0 Å². The average Bonchev–Trinajstić information content (AvgIpc) is 2.32. The van der Waals surface area contributed by atoms with Crippen LogP contribution in [0.4, 0.5) is 0 Å². The Balaban J connectivity index is 2.42. The van der Waals surface area contributed by atoms with Crippen molar-refractivity contribution >= 4 is 17.6 Å². The zero-order valence-corrected chi connectivity index (χ0v) is 11.4. The molecule has 0 bridgehead atoms. The second-order valence-electron chi connectivity index (χ2n) is 4.32. The number of aromatic carboxylic acids is 1. The summed E-state index contributed by atoms with van der Waals surface area (Å²) in [5, 5.41) is 9.76. The van der Waals surface area contributed by atoms with Gasteiger partial charge in [-0.25, -0.2) is 4.79 Å². The highest BCUT2D eigenvalue weighted by molar-refractivity contribution is 6.30. The summed E-state index contributed by atoms with van der Waals surface area (Å²) in [7, 11) is 0. The molecule has 0 aliphatic rings. The van der Waals surface area contributed by atoms with E-state index in [4.69, 9.17) is 21.4 Å². The summed E-state index contributed by atoms with van der Waals surface area (Å²) < 4.78 is 5.70. The fraction of sp³-hybridized carbons (Fsp3) is 0.133. The van der Waals surface area contributed by atoms with Crippen molar-refractivity contribution in [2.24, 2.45) is 0 Å². The third kappa shape index (κ3) is 3.06. The normalized spacial score (nSPS) is 10.3. The van der Waals surface area contributed by atoms with Crippen molar-refractivity contribution in [1.82, 2.24) is 0 Å². The molecular formula is C15H13ClO3. The molecule has 1 N–H and O–H groups in total. The molecule has 0 amide bonds. The lowest BCUT2D eigenvalue weighted by Gasteiger charge is -2.12. The molecule has 0 saturated carbocycles. The fourth-order valence-electron chi connectivity index (χ4n) is 1.74. The summed E-state index contributed by atoms with van der Waals surface area (Å²) in [5.74, 6) is -0.0861. The minimum Gasteiger partial charge on any atom is -0.478 e. The lowest BCUT2D eigenvalue weighted by Crippen LogP contribution is -2.00. The quantitative estimate of drug-likeness (QED) is 0.901. The second kappa shape index (κ2) is 5.33. The Hall–Kier alpha value is -2.00. The molecule has 0 fully saturated rings. The number of aryl methyl sites for hydroxylation is 2. The maximum absolute atomic E-state index is 11.2. The zero-order chi connectivity index (χ0) is 14.0. The molecule has 0 unspecified atom stereocenters. The second-order valence-corrected chi connectivity index (χ2v) is 4.75. The molecule has 0 atom stereocenters. The summed E-state index contributed by atoms with van der Waals surface area (Å²) in [6, 6.07) is 10.2. The molecule has 19 heavy (non-hydrogen) atoms. The Morgan fingerprint density at radius 3 is 2.47 bits per heavy atom. The summed E-state index contributed by atoms with van der Waals surface area (Å²) in [5.41, 5.74) is 1.93. The van der Waals surface area contributed by atoms with Gasteiger partial charge in [0.25, 0.3) is 0 Å². The summed E-state index contributed by atoms with van der Waals surface area (Å²) in [4.78, 5) is 11.2. The number of carbonyl (C=O) groups is 1. The molecule has 0 saturated heterocycles. The van der Waals surface area contributed by atoms with Gasteiger partial charge in [0.2, 0.25) is 0 Å². The van der Waals surface area contributed by atoms with E-state index in [1.165, 1.54) is 6.07 Å². The first kappa shape index (κ1) is 13.4. The van der Waals surface area contributed by atoms with Crippen LogP contribution in [0.25, 0.3) is 0 Å². The van der Waals surface area contributed by atoms with Crippen molar-refractivity contribution in [3.8, 4) is 11.5 Å². The van der Waals surface area contributed by atoms with E-state index in [2.05, 4.69) is 0 Å². The van der Waals surface area contributed by atoms with Gasteiger partial charge in [0.15, 0.2) is 0 Å². The van der Waals surface area contributed by atoms with Gasteiger partial charge in [-0.2, -0.15) is 0 Å². The molecule has 0 aliphatic heterocycles. The van der Waals surface area contributed by atoms with E-state index in [1.54, 1.807) is 30.3 Å². The Kier molecular flexibility index (Phi) is 3.76. The van der Waals surface area contributed by atoms with E-state index in [0.29, 0.717) is 16.5 Å². The fourth-order valence-corrected chi connectivity index (χ4v) is 1.96. The Morgan fingerprint density at radius 1 is 1.11 bits per heavy atom. The molecule has 0 heterocycles. The smallest absolute Gasteiger partial charge is 0.339 e. The number of benzene rings is 2. The van der Waals surface area contributed by atoms with Crippen molar-refractivity contribution in [2.45, 2.75) is 13.8 Å². The summed E-state index contributed by atoms with van der Waals surface area (Å²) in [6.07, 6.45) is 0. The van der Waals surface area contributed by atoms with E-state index in [0.717, 1.165) is 11.1 Å². The van der Waals surface area contributed by atoms with Gasteiger partial charge in [0.1, 0.15) is 17.1 Å². The number of rotatable bonds is 3. The lowest BCUT2D eigenvalue weighted by atomic mass is 10.1. The van der Waals surface area contributed by atoms with Crippen molar-refractivity contribution in [3.05, 3.63) is 58.1 Å². The monoisotopic (exact) mass is 276 g/mol. The molecule has 2 aromatic carbocycles. The number of carboxylic acid groups (broad SMARTS) is 1. The zero-order valence-electron chi connectivity index (χ0n) is 10.6. The number of hydrogen-bond acceptors (Lipinski definition) is 2. The Labute approximate surface area is 116 Å². The lowest BCUT2D eigenvalue weighted by molar-refractivity contribution is 0.0694. The van der Waals surface area contributed by atoms with Gasteiger partial charge in [-0.3, -0.25) is 0 Å². The molecule has 4 heteroatoms. The van der Waals surface area contributed by atoms with Gasteiger partial charge in [-0.15, -0.1) is 0 Å². The molecule has 0 radical (unpaired) electrons. The predicted molar refractivity (Wildman–Crippen MR) is 74.4 cm³/mol. The molecule has 98 valence electrons. The highest BCUT2D eigenvalue weighted by atomic mass is 35.5. The molecule has 0 aliphatic carbocycles. The van der Waals surface area contributed by atoms with Crippen molar-refractivity contribution in [3.63, 3.8) is 0 Å². The first-order valence-electron chi connectivity index (χ1n) is 5.75. The van der Waals surface area contributed by atoms with Crippen LogP contribution in [0.2, 0.25) is 5.02 Å². The maximum Gasteiger partial charge on any atom is 0.339 e. The Bertz CT molecular complexity index is 635. The van der Waals surface area contributed by atoms with Crippen LogP contribution in [-0.4, -0.2) is 11.1 Å². The first-order valence-corrected chi connectivity index (χ1v) is 6.13. The van der Waals surface area contributed by atoms with E-state index < -0.39 is 5.97 Å². The van der Waals surface area contributed by atoms with Gasteiger partial charge < -0.3 is 9.84 Å². The number of carboxylic acids is 1. The van der Waals surface area contributed by atoms with Gasteiger partial charge >= 0.3 is 5.97 Å². The first-order chi connectivity index (χ1) is 8.97. The van der Waals surface area contributed by atoms with Gasteiger partial charge in [0, 0.05) is 5.02 Å². The minimum absolute atomic E-state index is 0.139. The summed E-state index contributed by atoms with van der Waals surface area (Å²) >= 11 is 5.88. The van der Waals surface area contributed by atoms with Crippen LogP contribution < -0.4 is 4.74 Å².